The number of nitrogens with one attached hydrogen (secondary N) is 1. The number of hydrogen-bond donors (Lipinski definition) is 1. The second-order valence-electron chi connectivity index (χ2n) is 8.34. The van der Waals surface area contributed by atoms with Gasteiger partial charge in [0.25, 0.3) is 0 Å². The number of carbonyl (C=O) groups is 2. The molecule has 11 heteroatoms. The maximum Gasteiger partial charge on any atom is 0.419 e. The van der Waals surface area contributed by atoms with Crippen molar-refractivity contribution in [2.45, 2.75) is 61.9 Å². The Kier molecular flexibility index (Phi) is 6.13. The molecule has 10 nitrogen and oxygen atoms in total. The number of amides is 1. The van der Waals surface area contributed by atoms with E-state index in [9.17, 15) is 22.8 Å². The number of nitrogens with zero attached hydrogens (tertiary/aromatic N) is 2. The molecule has 0 spiro atoms. The van der Waals surface area contributed by atoms with E-state index in [2.05, 4.69) is 5.32 Å². The van der Waals surface area contributed by atoms with Gasteiger partial charge in [-0.3, -0.25) is 9.36 Å². The highest BCUT2D eigenvalue weighted by Crippen LogP contribution is 2.31. The maximum atomic E-state index is 12.8. The van der Waals surface area contributed by atoms with E-state index in [0.717, 1.165) is 25.7 Å². The Balaban J connectivity index is 1.50. The first kappa shape index (κ1) is 22.5. The van der Waals surface area contributed by atoms with Crippen molar-refractivity contribution in [1.82, 2.24) is 14.2 Å². The van der Waals surface area contributed by atoms with Crippen molar-refractivity contribution in [3.8, 4) is 0 Å². The van der Waals surface area contributed by atoms with Crippen LogP contribution in [0.15, 0.2) is 32.3 Å². The van der Waals surface area contributed by atoms with Crippen molar-refractivity contribution < 1.29 is 27.2 Å². The van der Waals surface area contributed by atoms with E-state index < -0.39 is 27.3 Å². The number of esters is 1. The zero-order valence-corrected chi connectivity index (χ0v) is 18.8. The lowest BCUT2D eigenvalue weighted by Gasteiger charge is -2.27. The number of rotatable bonds is 7. The molecule has 2 aliphatic rings. The first-order valence-corrected chi connectivity index (χ1v) is 12.2. The van der Waals surface area contributed by atoms with Crippen LogP contribution in [0.5, 0.6) is 0 Å². The van der Waals surface area contributed by atoms with E-state index in [1.54, 1.807) is 0 Å². The summed E-state index contributed by atoms with van der Waals surface area (Å²) >= 11 is 0. The van der Waals surface area contributed by atoms with E-state index in [-0.39, 0.29) is 29.4 Å². The third-order valence-electron chi connectivity index (χ3n) is 6.32. The smallest absolute Gasteiger partial charge is 0.419 e. The molecule has 1 aromatic heterocycles. The number of oxazole rings is 1. The monoisotopic (exact) mass is 465 g/mol. The van der Waals surface area contributed by atoms with E-state index in [1.807, 2.05) is 0 Å². The van der Waals surface area contributed by atoms with Gasteiger partial charge in [-0.25, -0.2) is 18.0 Å². The highest BCUT2D eigenvalue weighted by atomic mass is 32.2. The van der Waals surface area contributed by atoms with Crippen LogP contribution in [-0.4, -0.2) is 54.9 Å². The number of sulfonamides is 1. The van der Waals surface area contributed by atoms with Crippen LogP contribution in [-0.2, 0) is 30.9 Å². The normalized spacial score (nSPS) is 18.8. The van der Waals surface area contributed by atoms with Crippen molar-refractivity contribution in [2.24, 2.45) is 0 Å². The van der Waals surface area contributed by atoms with E-state index in [0.29, 0.717) is 31.4 Å². The van der Waals surface area contributed by atoms with Crippen LogP contribution in [0, 0.1) is 0 Å². The molecule has 1 N–H and O–H groups in total. The number of benzene rings is 1. The average Bonchev–Trinajstić information content (AvgIpc) is 3.52. The fraction of sp³-hybridized carbons (Fsp3) is 0.571. The summed E-state index contributed by atoms with van der Waals surface area (Å²) in [4.78, 5) is 37.2. The van der Waals surface area contributed by atoms with Crippen molar-refractivity contribution in [1.29, 1.82) is 0 Å². The number of hydrogen-bond acceptors (Lipinski definition) is 7. The van der Waals surface area contributed by atoms with Crippen LogP contribution in [0.3, 0.4) is 0 Å². The van der Waals surface area contributed by atoms with Gasteiger partial charge in [0.1, 0.15) is 5.54 Å². The van der Waals surface area contributed by atoms with Gasteiger partial charge in [-0.15, -0.1) is 0 Å². The molecule has 174 valence electrons. The van der Waals surface area contributed by atoms with E-state index in [1.165, 1.54) is 34.2 Å². The van der Waals surface area contributed by atoms with Gasteiger partial charge < -0.3 is 14.5 Å². The van der Waals surface area contributed by atoms with Crippen LogP contribution in [0.2, 0.25) is 0 Å². The van der Waals surface area contributed by atoms with Gasteiger partial charge >= 0.3 is 11.7 Å². The summed E-state index contributed by atoms with van der Waals surface area (Å²) in [7, 11) is -2.34. The fourth-order valence-electron chi connectivity index (χ4n) is 4.59. The summed E-state index contributed by atoms with van der Waals surface area (Å²) in [5.74, 6) is -1.50. The van der Waals surface area contributed by atoms with Crippen LogP contribution < -0.4 is 11.1 Å². The Morgan fingerprint density at radius 2 is 1.84 bits per heavy atom. The standard InChI is InChI=1S/C21H27N3O7S/c1-30-19(26)21(9-2-3-10-21)22-18(25)8-13-24-16-7-6-15(14-17(16)31-20(24)27)32(28,29)23-11-4-5-12-23/h6-7,14H,2-5,8-13H2,1H3,(H,22,25). The van der Waals surface area contributed by atoms with Crippen molar-refractivity contribution in [3.05, 3.63) is 28.7 Å². The topological polar surface area (TPSA) is 128 Å². The van der Waals surface area contributed by atoms with Gasteiger partial charge in [-0.2, -0.15) is 4.31 Å². The number of fused-ring (bicyclic) bond motifs is 1. The maximum absolute atomic E-state index is 12.8. The molecule has 1 saturated carbocycles. The minimum absolute atomic E-state index is 0.0349. The first-order chi connectivity index (χ1) is 15.3. The lowest BCUT2D eigenvalue weighted by molar-refractivity contribution is -0.150. The molecule has 1 saturated heterocycles. The predicted octanol–water partition coefficient (Wildman–Crippen LogP) is 1.37. The Morgan fingerprint density at radius 3 is 2.50 bits per heavy atom. The molecule has 0 radical (unpaired) electrons. The summed E-state index contributed by atoms with van der Waals surface area (Å²) in [6.45, 7) is 0.994. The number of ether oxygens (including phenoxy) is 1. The number of aromatic nitrogens is 1. The van der Waals surface area contributed by atoms with Crippen molar-refractivity contribution in [2.75, 3.05) is 20.2 Å². The summed E-state index contributed by atoms with van der Waals surface area (Å²) in [5, 5.41) is 2.79. The number of aryl methyl sites for hydroxylation is 1. The molecule has 1 amide bonds. The highest BCUT2D eigenvalue weighted by Gasteiger charge is 2.43. The largest absolute Gasteiger partial charge is 0.467 e. The summed E-state index contributed by atoms with van der Waals surface area (Å²) in [6.07, 6.45) is 4.30. The average molecular weight is 466 g/mol. The lowest BCUT2D eigenvalue weighted by Crippen LogP contribution is -2.53. The Labute approximate surface area is 185 Å². The molecule has 1 aliphatic carbocycles. The molecule has 0 bridgehead atoms. The van der Waals surface area contributed by atoms with Crippen molar-refractivity contribution >= 4 is 33.0 Å². The molecule has 2 aromatic rings. The highest BCUT2D eigenvalue weighted by molar-refractivity contribution is 7.89. The Bertz CT molecular complexity index is 1190. The minimum Gasteiger partial charge on any atom is -0.467 e. The van der Waals surface area contributed by atoms with Gasteiger partial charge in [0.05, 0.1) is 17.5 Å². The lowest BCUT2D eigenvalue weighted by atomic mass is 9.97. The summed E-state index contributed by atoms with van der Waals surface area (Å²) in [5.41, 5.74) is -0.446. The van der Waals surface area contributed by atoms with E-state index >= 15 is 0 Å². The van der Waals surface area contributed by atoms with Crippen molar-refractivity contribution in [3.63, 3.8) is 0 Å². The quantitative estimate of drug-likeness (QED) is 0.612. The predicted molar refractivity (Wildman–Crippen MR) is 114 cm³/mol. The number of carbonyl (C=O) groups excluding carboxylic acids is 2. The summed E-state index contributed by atoms with van der Waals surface area (Å²) < 4.78 is 38.4. The zero-order valence-electron chi connectivity index (χ0n) is 18.0. The summed E-state index contributed by atoms with van der Waals surface area (Å²) in [6, 6.07) is 4.33. The molecule has 4 rings (SSSR count). The van der Waals surface area contributed by atoms with E-state index in [4.69, 9.17) is 9.15 Å². The van der Waals surface area contributed by atoms with Gasteiger partial charge in [-0.05, 0) is 37.8 Å². The molecule has 1 aromatic carbocycles. The molecular formula is C21H27N3O7S. The number of methoxy groups -OCH3 is 1. The zero-order chi connectivity index (χ0) is 22.9. The second-order valence-corrected chi connectivity index (χ2v) is 10.3. The van der Waals surface area contributed by atoms with Gasteiger partial charge in [0.15, 0.2) is 5.58 Å². The van der Waals surface area contributed by atoms with Gasteiger partial charge in [0.2, 0.25) is 15.9 Å². The van der Waals surface area contributed by atoms with Crippen LogP contribution in [0.25, 0.3) is 11.1 Å². The molecule has 0 atom stereocenters. The molecule has 2 heterocycles. The van der Waals surface area contributed by atoms with Crippen LogP contribution >= 0.6 is 0 Å². The van der Waals surface area contributed by atoms with Crippen LogP contribution in [0.1, 0.15) is 44.9 Å². The third-order valence-corrected chi connectivity index (χ3v) is 8.21. The van der Waals surface area contributed by atoms with Gasteiger partial charge in [-0.1, -0.05) is 12.8 Å². The SMILES string of the molecule is COC(=O)C1(NC(=O)CCn2c(=O)oc3cc(S(=O)(=O)N4CCCC4)ccc32)CCCC1. The second kappa shape index (κ2) is 8.70. The van der Waals surface area contributed by atoms with Crippen LogP contribution in [0.4, 0.5) is 0 Å². The fourth-order valence-corrected chi connectivity index (χ4v) is 6.13. The molecular weight excluding hydrogens is 438 g/mol. The third kappa shape index (κ3) is 4.06. The molecule has 1 aliphatic heterocycles. The Hall–Kier alpha value is -2.66. The molecule has 32 heavy (non-hydrogen) atoms. The molecule has 0 unspecified atom stereocenters. The van der Waals surface area contributed by atoms with Gasteiger partial charge in [0, 0.05) is 32.1 Å². The first-order valence-electron chi connectivity index (χ1n) is 10.8. The molecule has 2 fully saturated rings. The minimum atomic E-state index is -3.64. The Morgan fingerprint density at radius 1 is 1.16 bits per heavy atom.